The minimum absolute atomic E-state index is 0.0618. The summed E-state index contributed by atoms with van der Waals surface area (Å²) in [6.07, 6.45) is 7.98. The molecule has 5 heterocycles. The Morgan fingerprint density at radius 1 is 1.06 bits per heavy atom. The monoisotopic (exact) mass is 494 g/mol. The van der Waals surface area contributed by atoms with Crippen molar-refractivity contribution < 1.29 is 14.3 Å². The van der Waals surface area contributed by atoms with Crippen molar-refractivity contribution in [3.8, 4) is 17.1 Å². The van der Waals surface area contributed by atoms with Gasteiger partial charge in [0.15, 0.2) is 0 Å². The summed E-state index contributed by atoms with van der Waals surface area (Å²) in [6, 6.07) is 8.89. The van der Waals surface area contributed by atoms with E-state index >= 15 is 0 Å². The normalized spacial score (nSPS) is 17.1. The number of likely N-dealkylation sites (tertiary alicyclic amines) is 2. The predicted octanol–water partition coefficient (Wildman–Crippen LogP) is 3.16. The number of halogens is 1. The van der Waals surface area contributed by atoms with E-state index in [1.807, 2.05) is 34.2 Å². The number of carbonyl (C=O) groups is 2. The van der Waals surface area contributed by atoms with Crippen LogP contribution in [0.25, 0.3) is 11.3 Å². The van der Waals surface area contributed by atoms with E-state index in [9.17, 15) is 9.59 Å². The summed E-state index contributed by atoms with van der Waals surface area (Å²) in [6.45, 7) is 2.98. The second-order valence-electron chi connectivity index (χ2n) is 9.21. The van der Waals surface area contributed by atoms with Crippen LogP contribution in [0, 0.1) is 5.41 Å². The lowest BCUT2D eigenvalue weighted by Gasteiger charge is -2.39. The Bertz CT molecular complexity index is 1220. The van der Waals surface area contributed by atoms with E-state index in [-0.39, 0.29) is 28.9 Å². The summed E-state index contributed by atoms with van der Waals surface area (Å²) in [5.74, 6) is 0.324. The van der Waals surface area contributed by atoms with Gasteiger partial charge in [-0.15, -0.1) is 0 Å². The zero-order valence-electron chi connectivity index (χ0n) is 19.6. The zero-order chi connectivity index (χ0) is 24.4. The van der Waals surface area contributed by atoms with Gasteiger partial charge >= 0.3 is 0 Å². The van der Waals surface area contributed by atoms with Gasteiger partial charge < -0.3 is 14.5 Å². The highest BCUT2D eigenvalue weighted by Gasteiger charge is 2.42. The molecule has 9 nitrogen and oxygen atoms in total. The van der Waals surface area contributed by atoms with Gasteiger partial charge in [0.2, 0.25) is 11.8 Å². The van der Waals surface area contributed by atoms with Crippen molar-refractivity contribution in [2.75, 3.05) is 33.3 Å². The molecule has 3 aromatic rings. The van der Waals surface area contributed by atoms with Gasteiger partial charge in [0, 0.05) is 62.0 Å². The Balaban J connectivity index is 1.16. The maximum absolute atomic E-state index is 13.0. The van der Waals surface area contributed by atoms with Crippen molar-refractivity contribution in [1.82, 2.24) is 29.5 Å². The topological polar surface area (TPSA) is 93.5 Å². The van der Waals surface area contributed by atoms with Crippen molar-refractivity contribution in [1.29, 1.82) is 0 Å². The molecule has 5 rings (SSSR count). The molecule has 0 N–H and O–H groups in total. The van der Waals surface area contributed by atoms with Gasteiger partial charge in [0.1, 0.15) is 11.7 Å². The Morgan fingerprint density at radius 2 is 1.77 bits per heavy atom. The van der Waals surface area contributed by atoms with Crippen LogP contribution in [-0.2, 0) is 11.3 Å². The first-order valence-corrected chi connectivity index (χ1v) is 12.0. The lowest BCUT2D eigenvalue weighted by Crippen LogP contribution is -2.45. The van der Waals surface area contributed by atoms with E-state index in [0.29, 0.717) is 24.5 Å². The third kappa shape index (κ3) is 5.00. The molecule has 2 amide bonds. The van der Waals surface area contributed by atoms with Gasteiger partial charge in [-0.2, -0.15) is 5.10 Å². The first kappa shape index (κ1) is 23.3. The molecule has 0 bridgehead atoms. The van der Waals surface area contributed by atoms with Crippen molar-refractivity contribution in [3.63, 3.8) is 0 Å². The number of aromatic nitrogens is 4. The molecule has 3 aromatic heterocycles. The Labute approximate surface area is 208 Å². The smallest absolute Gasteiger partial charge is 0.254 e. The summed E-state index contributed by atoms with van der Waals surface area (Å²) < 4.78 is 6.83. The second-order valence-corrected chi connectivity index (χ2v) is 9.60. The Hall–Kier alpha value is -3.46. The molecule has 0 saturated carbocycles. The van der Waals surface area contributed by atoms with Crippen LogP contribution in [0.5, 0.6) is 5.88 Å². The molecule has 0 atom stereocenters. The molecule has 0 aromatic carbocycles. The highest BCUT2D eigenvalue weighted by atomic mass is 35.5. The van der Waals surface area contributed by atoms with Gasteiger partial charge in [0.05, 0.1) is 12.8 Å². The molecule has 0 aliphatic carbocycles. The van der Waals surface area contributed by atoms with Crippen LogP contribution in [-0.4, -0.2) is 74.7 Å². The van der Waals surface area contributed by atoms with Gasteiger partial charge in [-0.3, -0.25) is 19.3 Å². The number of piperidine rings is 1. The Kier molecular flexibility index (Phi) is 6.42. The lowest BCUT2D eigenvalue weighted by atomic mass is 9.77. The molecule has 182 valence electrons. The standard InChI is InChI=1S/C25H27ClN6O3/c1-35-22-15-19(14-21(26)28-22)24(34)30-11-5-25(6-12-30)7-13-31(17-25)23(33)16-32-10-4-20(29-32)18-2-8-27-9-3-18/h2-4,8-10,14-15H,5-7,11-13,16-17H2,1H3. The highest BCUT2D eigenvalue weighted by Crippen LogP contribution is 2.40. The van der Waals surface area contributed by atoms with Crippen molar-refractivity contribution >= 4 is 23.4 Å². The van der Waals surface area contributed by atoms with Gasteiger partial charge in [-0.25, -0.2) is 4.98 Å². The van der Waals surface area contributed by atoms with Crippen LogP contribution in [0.3, 0.4) is 0 Å². The van der Waals surface area contributed by atoms with Crippen LogP contribution in [0.1, 0.15) is 29.6 Å². The third-order valence-corrected chi connectivity index (χ3v) is 7.24. The van der Waals surface area contributed by atoms with E-state index < -0.39 is 0 Å². The minimum Gasteiger partial charge on any atom is -0.481 e. The van der Waals surface area contributed by atoms with E-state index in [4.69, 9.17) is 16.3 Å². The number of hydrogen-bond donors (Lipinski definition) is 0. The zero-order valence-corrected chi connectivity index (χ0v) is 20.3. The molecule has 2 fully saturated rings. The maximum Gasteiger partial charge on any atom is 0.254 e. The molecule has 0 radical (unpaired) electrons. The number of rotatable bonds is 5. The van der Waals surface area contributed by atoms with Crippen LogP contribution in [0.2, 0.25) is 5.15 Å². The fraction of sp³-hybridized carbons (Fsp3) is 0.400. The van der Waals surface area contributed by atoms with E-state index in [1.165, 1.54) is 7.11 Å². The predicted molar refractivity (Wildman–Crippen MR) is 130 cm³/mol. The van der Waals surface area contributed by atoms with Gasteiger partial charge in [-0.1, -0.05) is 11.6 Å². The van der Waals surface area contributed by atoms with Crippen molar-refractivity contribution in [3.05, 3.63) is 59.6 Å². The number of carbonyl (C=O) groups excluding carboxylic acids is 2. The Morgan fingerprint density at radius 3 is 2.49 bits per heavy atom. The second kappa shape index (κ2) is 9.65. The molecule has 0 unspecified atom stereocenters. The summed E-state index contributed by atoms with van der Waals surface area (Å²) in [4.78, 5) is 37.9. The van der Waals surface area contributed by atoms with Crippen molar-refractivity contribution in [2.24, 2.45) is 5.41 Å². The van der Waals surface area contributed by atoms with E-state index in [2.05, 4.69) is 15.1 Å². The summed E-state index contributed by atoms with van der Waals surface area (Å²) in [7, 11) is 1.50. The van der Waals surface area contributed by atoms with E-state index in [1.54, 1.807) is 29.2 Å². The molecule has 2 aliphatic heterocycles. The molecule has 2 saturated heterocycles. The average molecular weight is 495 g/mol. The number of nitrogens with zero attached hydrogens (tertiary/aromatic N) is 6. The largest absolute Gasteiger partial charge is 0.481 e. The molecule has 10 heteroatoms. The summed E-state index contributed by atoms with van der Waals surface area (Å²) >= 11 is 6.04. The van der Waals surface area contributed by atoms with E-state index in [0.717, 1.165) is 43.6 Å². The molecule has 35 heavy (non-hydrogen) atoms. The molecule has 1 spiro atoms. The molecular formula is C25H27ClN6O3. The molecule has 2 aliphatic rings. The average Bonchev–Trinajstić information content (AvgIpc) is 3.52. The van der Waals surface area contributed by atoms with Crippen molar-refractivity contribution in [2.45, 2.75) is 25.8 Å². The highest BCUT2D eigenvalue weighted by molar-refractivity contribution is 6.29. The quantitative estimate of drug-likeness (QED) is 0.506. The SMILES string of the molecule is COc1cc(C(=O)N2CCC3(CCN(C(=O)Cn4ccc(-c5ccncc5)n4)C3)CC2)cc(Cl)n1. The number of amides is 2. The first-order chi connectivity index (χ1) is 16.9. The summed E-state index contributed by atoms with van der Waals surface area (Å²) in [5, 5.41) is 4.78. The van der Waals surface area contributed by atoms with Crippen LogP contribution in [0.15, 0.2) is 48.9 Å². The van der Waals surface area contributed by atoms with Crippen LogP contribution in [0.4, 0.5) is 0 Å². The third-order valence-electron chi connectivity index (χ3n) is 7.04. The number of pyridine rings is 2. The first-order valence-electron chi connectivity index (χ1n) is 11.7. The van der Waals surface area contributed by atoms with Gasteiger partial charge in [-0.05, 0) is 48.9 Å². The molecular weight excluding hydrogens is 468 g/mol. The fourth-order valence-electron chi connectivity index (χ4n) is 4.99. The van der Waals surface area contributed by atoms with Gasteiger partial charge in [0.25, 0.3) is 5.91 Å². The maximum atomic E-state index is 13.0. The summed E-state index contributed by atoms with van der Waals surface area (Å²) in [5.41, 5.74) is 2.33. The van der Waals surface area contributed by atoms with Crippen LogP contribution < -0.4 is 4.74 Å². The number of hydrogen-bond acceptors (Lipinski definition) is 6. The fourth-order valence-corrected chi connectivity index (χ4v) is 5.19. The number of ether oxygens (including phenoxy) is 1. The minimum atomic E-state index is -0.0722. The lowest BCUT2D eigenvalue weighted by molar-refractivity contribution is -0.131. The number of methoxy groups -OCH3 is 1. The van der Waals surface area contributed by atoms with Crippen LogP contribution >= 0.6 is 11.6 Å².